The Kier molecular flexibility index (Phi) is 7.29. The number of benzene rings is 2. The van der Waals surface area contributed by atoms with Crippen molar-refractivity contribution in [2.75, 3.05) is 7.11 Å². The minimum Gasteiger partial charge on any atom is -0.493 e. The molecule has 8 nitrogen and oxygen atoms in total. The number of nitrogens with one attached hydrogen (secondary N) is 1. The second-order valence-electron chi connectivity index (χ2n) is 6.04. The van der Waals surface area contributed by atoms with E-state index in [2.05, 4.69) is 10.3 Å². The van der Waals surface area contributed by atoms with Crippen LogP contribution in [0.1, 0.15) is 12.5 Å². The van der Waals surface area contributed by atoms with Crippen LogP contribution in [0, 0.1) is 3.57 Å². The summed E-state index contributed by atoms with van der Waals surface area (Å²) in [6, 6.07) is 8.74. The summed E-state index contributed by atoms with van der Waals surface area (Å²) in [6.45, 7) is 1.32. The summed E-state index contributed by atoms with van der Waals surface area (Å²) >= 11 is 8.75. The number of halogens is 2. The second-order valence-corrected chi connectivity index (χ2v) is 10.2. The van der Waals surface area contributed by atoms with Gasteiger partial charge in [-0.25, -0.2) is 0 Å². The Bertz CT molecular complexity index is 1230. The van der Waals surface area contributed by atoms with E-state index in [0.717, 1.165) is 11.8 Å². The van der Waals surface area contributed by atoms with Gasteiger partial charge < -0.3 is 14.2 Å². The van der Waals surface area contributed by atoms with E-state index in [1.807, 2.05) is 22.6 Å². The Labute approximate surface area is 201 Å². The van der Waals surface area contributed by atoms with Gasteiger partial charge in [-0.2, -0.15) is 13.4 Å². The summed E-state index contributed by atoms with van der Waals surface area (Å²) in [5, 5.41) is 3.06. The molecule has 0 bridgehead atoms. The molecule has 31 heavy (non-hydrogen) atoms. The Morgan fingerprint density at radius 3 is 2.55 bits per heavy atom. The number of amides is 2. The monoisotopic (exact) mass is 592 g/mol. The molecule has 3 rings (SSSR count). The number of nitrogens with zero attached hydrogens (tertiary/aromatic N) is 1. The third-order valence-corrected chi connectivity index (χ3v) is 6.94. The van der Waals surface area contributed by atoms with E-state index in [4.69, 9.17) is 20.5 Å². The Morgan fingerprint density at radius 2 is 1.94 bits per heavy atom. The van der Waals surface area contributed by atoms with Gasteiger partial charge in [0.25, 0.3) is 5.91 Å². The van der Waals surface area contributed by atoms with Crippen LogP contribution in [0.25, 0.3) is 6.08 Å². The van der Waals surface area contributed by atoms with Crippen LogP contribution in [0.5, 0.6) is 11.5 Å². The highest BCUT2D eigenvalue weighted by atomic mass is 127. The SMILES string of the molecule is COc1cc(/C=C2/SC(NC(C)=O)=NC2=O)cc(I)c1OS(=O)(=O)c1ccc(Cl)cc1. The predicted octanol–water partition coefficient (Wildman–Crippen LogP) is 3.83. The maximum absolute atomic E-state index is 12.6. The van der Waals surface area contributed by atoms with E-state index in [1.54, 1.807) is 12.1 Å². The number of rotatable bonds is 5. The van der Waals surface area contributed by atoms with Crippen LogP contribution < -0.4 is 14.2 Å². The van der Waals surface area contributed by atoms with Gasteiger partial charge >= 0.3 is 10.1 Å². The number of amidine groups is 1. The van der Waals surface area contributed by atoms with Gasteiger partial charge in [-0.1, -0.05) is 11.6 Å². The van der Waals surface area contributed by atoms with Crippen molar-refractivity contribution in [2.24, 2.45) is 4.99 Å². The van der Waals surface area contributed by atoms with E-state index in [0.29, 0.717) is 19.1 Å². The minimum absolute atomic E-state index is 0.0146. The molecule has 2 aromatic rings. The van der Waals surface area contributed by atoms with Crippen molar-refractivity contribution in [2.45, 2.75) is 11.8 Å². The first kappa shape index (κ1) is 23.6. The fraction of sp³-hybridized carbons (Fsp3) is 0.105. The molecule has 0 saturated carbocycles. The van der Waals surface area contributed by atoms with Crippen LogP contribution in [-0.4, -0.2) is 32.5 Å². The number of hydrogen-bond donors (Lipinski definition) is 1. The molecule has 0 aliphatic carbocycles. The molecular weight excluding hydrogens is 579 g/mol. The van der Waals surface area contributed by atoms with Gasteiger partial charge in [0, 0.05) is 11.9 Å². The molecule has 0 spiro atoms. The number of carbonyl (C=O) groups excluding carboxylic acids is 2. The molecule has 12 heteroatoms. The lowest BCUT2D eigenvalue weighted by atomic mass is 10.2. The van der Waals surface area contributed by atoms with Gasteiger partial charge in [0.05, 0.1) is 15.6 Å². The van der Waals surface area contributed by atoms with Crippen molar-refractivity contribution < 1.29 is 26.9 Å². The second kappa shape index (κ2) is 9.59. The highest BCUT2D eigenvalue weighted by Gasteiger charge is 2.24. The third-order valence-electron chi connectivity index (χ3n) is 3.75. The third kappa shape index (κ3) is 5.79. The number of carbonyl (C=O) groups is 2. The zero-order valence-corrected chi connectivity index (χ0v) is 20.6. The minimum atomic E-state index is -4.12. The molecule has 0 unspecified atom stereocenters. The standard InChI is InChI=1S/C19H14ClIN2O6S2/c1-10(24)22-19-23-18(25)16(30-19)9-11-7-14(21)17(15(8-11)28-2)29-31(26,27)13-5-3-12(20)4-6-13/h3-9H,1-2H3,(H,22,23,24,25)/b16-9+. The fourth-order valence-electron chi connectivity index (χ4n) is 2.43. The summed E-state index contributed by atoms with van der Waals surface area (Å²) in [6.07, 6.45) is 1.56. The van der Waals surface area contributed by atoms with Crippen molar-refractivity contribution in [3.8, 4) is 11.5 Å². The predicted molar refractivity (Wildman–Crippen MR) is 127 cm³/mol. The highest BCUT2D eigenvalue weighted by Crippen LogP contribution is 2.37. The summed E-state index contributed by atoms with van der Waals surface area (Å²) < 4.78 is 36.3. The van der Waals surface area contributed by atoms with Gasteiger partial charge in [-0.15, -0.1) is 0 Å². The van der Waals surface area contributed by atoms with Crippen molar-refractivity contribution in [1.29, 1.82) is 0 Å². The summed E-state index contributed by atoms with van der Waals surface area (Å²) in [5.74, 6) is -0.649. The number of aliphatic imine (C=N–C) groups is 1. The maximum Gasteiger partial charge on any atom is 0.339 e. The van der Waals surface area contributed by atoms with Crippen molar-refractivity contribution in [3.63, 3.8) is 0 Å². The molecule has 1 N–H and O–H groups in total. The topological polar surface area (TPSA) is 111 Å². The molecule has 0 atom stereocenters. The van der Waals surface area contributed by atoms with Crippen LogP contribution >= 0.6 is 46.0 Å². The zero-order valence-electron chi connectivity index (χ0n) is 16.0. The van der Waals surface area contributed by atoms with Gasteiger partial charge in [0.2, 0.25) is 5.91 Å². The van der Waals surface area contributed by atoms with E-state index >= 15 is 0 Å². The molecule has 162 valence electrons. The van der Waals surface area contributed by atoms with Crippen LogP contribution in [-0.2, 0) is 19.7 Å². The molecule has 0 fully saturated rings. The lowest BCUT2D eigenvalue weighted by Gasteiger charge is -2.13. The van der Waals surface area contributed by atoms with E-state index in [-0.39, 0.29) is 27.5 Å². The Morgan fingerprint density at radius 1 is 1.26 bits per heavy atom. The molecule has 0 radical (unpaired) electrons. The molecular formula is C19H14ClIN2O6S2. The van der Waals surface area contributed by atoms with Crippen molar-refractivity contribution >= 4 is 79.1 Å². The largest absolute Gasteiger partial charge is 0.493 e. The molecule has 1 aliphatic rings. The van der Waals surface area contributed by atoms with Crippen molar-refractivity contribution in [3.05, 3.63) is 55.5 Å². The number of methoxy groups -OCH3 is 1. The Balaban J connectivity index is 1.90. The van der Waals surface area contributed by atoms with Crippen LogP contribution in [0.15, 0.2) is 51.2 Å². The average molecular weight is 593 g/mol. The van der Waals surface area contributed by atoms with Crippen LogP contribution in [0.3, 0.4) is 0 Å². The lowest BCUT2D eigenvalue weighted by Crippen LogP contribution is -2.23. The highest BCUT2D eigenvalue weighted by molar-refractivity contribution is 14.1. The normalized spacial score (nSPS) is 15.0. The average Bonchev–Trinajstić information content (AvgIpc) is 3.02. The van der Waals surface area contributed by atoms with Gasteiger partial charge in [-0.05, 0) is 82.4 Å². The number of ether oxygens (including phenoxy) is 1. The summed E-state index contributed by atoms with van der Waals surface area (Å²) in [4.78, 5) is 27.2. The summed E-state index contributed by atoms with van der Waals surface area (Å²) in [7, 11) is -2.75. The number of thioether (sulfide) groups is 1. The molecule has 2 amide bonds. The molecule has 0 aromatic heterocycles. The quantitative estimate of drug-likeness (QED) is 0.319. The molecule has 1 aliphatic heterocycles. The first-order chi connectivity index (χ1) is 14.6. The van der Waals surface area contributed by atoms with Gasteiger partial charge in [0.15, 0.2) is 16.7 Å². The fourth-order valence-corrected chi connectivity index (χ4v) is 5.26. The summed E-state index contributed by atoms with van der Waals surface area (Å²) in [5.41, 5.74) is 0.563. The van der Waals surface area contributed by atoms with E-state index < -0.39 is 16.0 Å². The van der Waals surface area contributed by atoms with Gasteiger partial charge in [0.1, 0.15) is 4.90 Å². The zero-order chi connectivity index (χ0) is 22.8. The molecule has 1 heterocycles. The lowest BCUT2D eigenvalue weighted by molar-refractivity contribution is -0.117. The maximum atomic E-state index is 12.6. The first-order valence-electron chi connectivity index (χ1n) is 8.47. The first-order valence-corrected chi connectivity index (χ1v) is 12.1. The van der Waals surface area contributed by atoms with Gasteiger partial charge in [-0.3, -0.25) is 9.59 Å². The Hall–Kier alpha value is -2.09. The van der Waals surface area contributed by atoms with E-state index in [1.165, 1.54) is 44.4 Å². The van der Waals surface area contributed by atoms with Crippen molar-refractivity contribution in [1.82, 2.24) is 5.32 Å². The smallest absolute Gasteiger partial charge is 0.339 e. The van der Waals surface area contributed by atoms with E-state index in [9.17, 15) is 18.0 Å². The van der Waals surface area contributed by atoms with Crippen LogP contribution in [0.2, 0.25) is 5.02 Å². The van der Waals surface area contributed by atoms with Crippen LogP contribution in [0.4, 0.5) is 0 Å². The number of hydrogen-bond acceptors (Lipinski definition) is 7. The molecule has 2 aromatic carbocycles. The molecule has 0 saturated heterocycles.